The van der Waals surface area contributed by atoms with Crippen molar-refractivity contribution in [1.82, 2.24) is 9.80 Å². The number of rotatable bonds is 12. The Morgan fingerprint density at radius 2 is 1.90 bits per heavy atom. The average Bonchev–Trinajstić information content (AvgIpc) is 3.56. The molecule has 5 nitrogen and oxygen atoms in total. The van der Waals surface area contributed by atoms with Gasteiger partial charge in [0.2, 0.25) is 0 Å². The molecule has 2 bridgehead atoms. The number of hydrogen-bond acceptors (Lipinski definition) is 5. The average molecular weight is 545 g/mol. The van der Waals surface area contributed by atoms with E-state index in [0.717, 1.165) is 44.0 Å². The van der Waals surface area contributed by atoms with Gasteiger partial charge in [0.05, 0.1) is 13.2 Å². The molecule has 7 atom stereocenters. The summed E-state index contributed by atoms with van der Waals surface area (Å²) < 4.78 is 13.0. The molecule has 1 spiro atoms. The molecule has 2 saturated carbocycles. The van der Waals surface area contributed by atoms with Gasteiger partial charge in [0.1, 0.15) is 6.10 Å². The smallest absolute Gasteiger partial charge is 0.165 e. The van der Waals surface area contributed by atoms with E-state index < -0.39 is 0 Å². The molecule has 40 heavy (non-hydrogen) atoms. The highest BCUT2D eigenvalue weighted by Crippen LogP contribution is 2.64. The standard InChI is InChI=1S/C35H48N2O3/c1-3-36(19-10-5-4-7-11-24-12-8-6-9-13-24)28-16-15-27-29-21-25-14-17-31(39-2)33-32(25)35(27,34(28)40-33)18-20-37(29)23-26-22-30(26)38/h6,8-9,12-14,17,26-30,34,38H,3-5,7,10-11,15-16,18-23H2,1-2H3/t26?,27-,28-,29+,30?,34-,35-/m0/s1. The quantitative estimate of drug-likeness (QED) is 0.352. The zero-order valence-electron chi connectivity index (χ0n) is 24.6. The summed E-state index contributed by atoms with van der Waals surface area (Å²) in [6.07, 6.45) is 12.3. The lowest BCUT2D eigenvalue weighted by atomic mass is 9.51. The van der Waals surface area contributed by atoms with Crippen LogP contribution in [-0.4, -0.2) is 72.5 Å². The molecule has 2 heterocycles. The van der Waals surface area contributed by atoms with Gasteiger partial charge in [0.25, 0.3) is 0 Å². The number of hydrogen-bond donors (Lipinski definition) is 1. The van der Waals surface area contributed by atoms with Gasteiger partial charge in [-0.25, -0.2) is 0 Å². The summed E-state index contributed by atoms with van der Waals surface area (Å²) in [5.74, 6) is 3.10. The maximum absolute atomic E-state index is 10.1. The van der Waals surface area contributed by atoms with Gasteiger partial charge in [-0.1, -0.05) is 56.2 Å². The summed E-state index contributed by atoms with van der Waals surface area (Å²) >= 11 is 0. The first kappa shape index (κ1) is 26.8. The molecule has 216 valence electrons. The van der Waals surface area contributed by atoms with E-state index in [-0.39, 0.29) is 17.6 Å². The minimum absolute atomic E-state index is 0.0719. The molecule has 0 radical (unpaired) electrons. The number of methoxy groups -OCH3 is 1. The summed E-state index contributed by atoms with van der Waals surface area (Å²) in [7, 11) is 1.79. The number of aliphatic hydroxyl groups excluding tert-OH is 1. The van der Waals surface area contributed by atoms with Crippen molar-refractivity contribution < 1.29 is 14.6 Å². The second-order valence-electron chi connectivity index (χ2n) is 13.3. The van der Waals surface area contributed by atoms with Gasteiger partial charge >= 0.3 is 0 Å². The van der Waals surface area contributed by atoms with Crippen LogP contribution < -0.4 is 9.47 Å². The van der Waals surface area contributed by atoms with Crippen molar-refractivity contribution in [3.8, 4) is 11.5 Å². The highest BCUT2D eigenvalue weighted by Gasteiger charge is 2.66. The van der Waals surface area contributed by atoms with Crippen molar-refractivity contribution >= 4 is 0 Å². The summed E-state index contributed by atoms with van der Waals surface area (Å²) in [6.45, 7) is 6.80. The van der Waals surface area contributed by atoms with Gasteiger partial charge in [-0.2, -0.15) is 0 Å². The van der Waals surface area contributed by atoms with E-state index in [1.807, 2.05) is 0 Å². The minimum atomic E-state index is -0.0719. The summed E-state index contributed by atoms with van der Waals surface area (Å²) in [5.41, 5.74) is 4.56. The highest BCUT2D eigenvalue weighted by atomic mass is 16.5. The Balaban J connectivity index is 1.07. The van der Waals surface area contributed by atoms with Gasteiger partial charge < -0.3 is 14.6 Å². The third-order valence-corrected chi connectivity index (χ3v) is 11.3. The topological polar surface area (TPSA) is 45.2 Å². The predicted molar refractivity (Wildman–Crippen MR) is 159 cm³/mol. The van der Waals surface area contributed by atoms with Crippen molar-refractivity contribution in [3.05, 3.63) is 59.2 Å². The molecule has 5 aliphatic rings. The molecule has 3 aliphatic carbocycles. The summed E-state index contributed by atoms with van der Waals surface area (Å²) in [6, 6.07) is 16.4. The van der Waals surface area contributed by atoms with E-state index in [1.54, 1.807) is 7.11 Å². The molecule has 1 saturated heterocycles. The van der Waals surface area contributed by atoms with E-state index >= 15 is 0 Å². The van der Waals surface area contributed by atoms with Gasteiger partial charge in [0.15, 0.2) is 11.5 Å². The molecule has 2 aromatic rings. The number of nitrogens with zero attached hydrogens (tertiary/aromatic N) is 2. The molecule has 2 aromatic carbocycles. The number of benzene rings is 2. The number of ether oxygens (including phenoxy) is 2. The molecule has 2 aliphatic heterocycles. The third-order valence-electron chi connectivity index (χ3n) is 11.3. The van der Waals surface area contributed by atoms with E-state index in [2.05, 4.69) is 59.2 Å². The van der Waals surface area contributed by atoms with Crippen LogP contribution >= 0.6 is 0 Å². The van der Waals surface area contributed by atoms with Gasteiger partial charge in [-0.05, 0) is 94.1 Å². The predicted octanol–water partition coefficient (Wildman–Crippen LogP) is 5.61. The number of likely N-dealkylation sites (N-methyl/N-ethyl adjacent to an activating group) is 1. The maximum atomic E-state index is 10.1. The van der Waals surface area contributed by atoms with Gasteiger partial charge in [-0.15, -0.1) is 0 Å². The fraction of sp³-hybridized carbons (Fsp3) is 0.657. The number of piperidine rings is 1. The number of aliphatic hydroxyl groups is 1. The Labute approximate surface area is 240 Å². The van der Waals surface area contributed by atoms with Crippen molar-refractivity contribution in [3.63, 3.8) is 0 Å². The van der Waals surface area contributed by atoms with Crippen molar-refractivity contribution in [2.45, 2.75) is 101 Å². The van der Waals surface area contributed by atoms with Crippen LogP contribution in [0.25, 0.3) is 0 Å². The number of unbranched alkanes of at least 4 members (excludes halogenated alkanes) is 3. The monoisotopic (exact) mass is 544 g/mol. The molecule has 0 aromatic heterocycles. The van der Waals surface area contributed by atoms with Crippen LogP contribution in [0.1, 0.15) is 75.0 Å². The van der Waals surface area contributed by atoms with Crippen LogP contribution in [0, 0.1) is 11.8 Å². The normalized spacial score (nSPS) is 33.5. The third kappa shape index (κ3) is 4.48. The molecular weight excluding hydrogens is 496 g/mol. The zero-order chi connectivity index (χ0) is 27.3. The minimum Gasteiger partial charge on any atom is -0.493 e. The van der Waals surface area contributed by atoms with Crippen molar-refractivity contribution in [2.24, 2.45) is 11.8 Å². The Morgan fingerprint density at radius 3 is 2.67 bits per heavy atom. The van der Waals surface area contributed by atoms with Gasteiger partial charge in [-0.3, -0.25) is 9.80 Å². The van der Waals surface area contributed by atoms with Crippen molar-refractivity contribution in [2.75, 3.05) is 33.3 Å². The molecule has 7 rings (SSSR count). The Kier molecular flexibility index (Phi) is 7.34. The van der Waals surface area contributed by atoms with Crippen LogP contribution in [0.5, 0.6) is 11.5 Å². The largest absolute Gasteiger partial charge is 0.493 e. The van der Waals surface area contributed by atoms with E-state index in [4.69, 9.17) is 9.47 Å². The second kappa shape index (κ2) is 11.0. The zero-order valence-corrected chi connectivity index (χ0v) is 24.6. The molecule has 0 amide bonds. The van der Waals surface area contributed by atoms with Crippen LogP contribution in [0.15, 0.2) is 42.5 Å². The fourth-order valence-electron chi connectivity index (χ4n) is 9.28. The van der Waals surface area contributed by atoms with Crippen LogP contribution in [0.4, 0.5) is 0 Å². The van der Waals surface area contributed by atoms with Crippen LogP contribution in [0.3, 0.4) is 0 Å². The lowest BCUT2D eigenvalue weighted by Crippen LogP contribution is -2.69. The molecule has 5 heteroatoms. The first-order valence-electron chi connectivity index (χ1n) is 16.2. The maximum Gasteiger partial charge on any atom is 0.165 e. The first-order valence-corrected chi connectivity index (χ1v) is 16.2. The van der Waals surface area contributed by atoms with Gasteiger partial charge in [0, 0.05) is 35.5 Å². The SMILES string of the molecule is CCN(CCCCCCc1ccccc1)[C@H]1CC[C@H]2[C@H]3Cc4ccc(OC)c5c4[C@@]2(CCN3CC2CC2O)[C@H]1O5. The Bertz CT molecular complexity index is 1190. The highest BCUT2D eigenvalue weighted by molar-refractivity contribution is 5.61. The number of aryl methyl sites for hydroxylation is 1. The molecular formula is C35H48N2O3. The molecule has 2 unspecified atom stereocenters. The Morgan fingerprint density at radius 1 is 1.07 bits per heavy atom. The van der Waals surface area contributed by atoms with Crippen LogP contribution in [0.2, 0.25) is 0 Å². The van der Waals surface area contributed by atoms with E-state index in [0.29, 0.717) is 23.9 Å². The second-order valence-corrected chi connectivity index (χ2v) is 13.3. The van der Waals surface area contributed by atoms with E-state index in [1.165, 1.54) is 74.6 Å². The molecule has 3 fully saturated rings. The molecule has 1 N–H and O–H groups in total. The van der Waals surface area contributed by atoms with Crippen molar-refractivity contribution in [1.29, 1.82) is 0 Å². The van der Waals surface area contributed by atoms with E-state index in [9.17, 15) is 5.11 Å². The Hall–Kier alpha value is -2.08. The first-order chi connectivity index (χ1) is 19.6. The fourth-order valence-corrected chi connectivity index (χ4v) is 9.28. The lowest BCUT2D eigenvalue weighted by Gasteiger charge is -2.60. The van der Waals surface area contributed by atoms with Crippen LogP contribution in [-0.2, 0) is 18.3 Å². The lowest BCUT2D eigenvalue weighted by molar-refractivity contribution is -0.0893. The number of likely N-dealkylation sites (tertiary alicyclic amines) is 1. The summed E-state index contributed by atoms with van der Waals surface area (Å²) in [5, 5.41) is 10.1. The summed E-state index contributed by atoms with van der Waals surface area (Å²) in [4.78, 5) is 5.52.